The highest BCUT2D eigenvalue weighted by atomic mass is 127. The third-order valence-electron chi connectivity index (χ3n) is 3.71. The first-order valence-electron chi connectivity index (χ1n) is 8.14. The number of nitrogens with zero attached hydrogens (tertiary/aromatic N) is 1. The van der Waals surface area contributed by atoms with Crippen LogP contribution >= 0.6 is 22.6 Å². The summed E-state index contributed by atoms with van der Waals surface area (Å²) in [5.41, 5.74) is 3.50. The van der Waals surface area contributed by atoms with Crippen LogP contribution in [0.15, 0.2) is 48.5 Å². The number of ether oxygens (including phenoxy) is 2. The average molecular weight is 435 g/mol. The molecular formula is C20H22INO2. The summed E-state index contributed by atoms with van der Waals surface area (Å²) in [4.78, 5) is 0. The predicted molar refractivity (Wildman–Crippen MR) is 104 cm³/mol. The SMILES string of the molecule is N#CCc1ccccc1COCCOCCCc1ccccc1I. The van der Waals surface area contributed by atoms with Crippen molar-refractivity contribution >= 4 is 22.6 Å². The zero-order valence-electron chi connectivity index (χ0n) is 13.7. The van der Waals surface area contributed by atoms with Crippen LogP contribution in [0, 0.1) is 14.9 Å². The Hall–Kier alpha value is -1.42. The van der Waals surface area contributed by atoms with Crippen molar-refractivity contribution < 1.29 is 9.47 Å². The van der Waals surface area contributed by atoms with E-state index in [0.29, 0.717) is 26.2 Å². The van der Waals surface area contributed by atoms with Crippen LogP contribution in [-0.2, 0) is 28.9 Å². The van der Waals surface area contributed by atoms with E-state index in [1.807, 2.05) is 24.3 Å². The average Bonchev–Trinajstić information content (AvgIpc) is 2.60. The largest absolute Gasteiger partial charge is 0.379 e. The lowest BCUT2D eigenvalue weighted by atomic mass is 10.1. The molecule has 0 radical (unpaired) electrons. The monoisotopic (exact) mass is 435 g/mol. The lowest BCUT2D eigenvalue weighted by Crippen LogP contribution is -2.07. The summed E-state index contributed by atoms with van der Waals surface area (Å²) >= 11 is 2.37. The normalized spacial score (nSPS) is 10.5. The highest BCUT2D eigenvalue weighted by Crippen LogP contribution is 2.13. The van der Waals surface area contributed by atoms with Crippen molar-refractivity contribution in [1.29, 1.82) is 5.26 Å². The molecule has 0 aliphatic rings. The fourth-order valence-electron chi connectivity index (χ4n) is 2.42. The number of halogens is 1. The van der Waals surface area contributed by atoms with Crippen LogP contribution in [0.1, 0.15) is 23.1 Å². The predicted octanol–water partition coefficient (Wildman–Crippen LogP) is 4.52. The van der Waals surface area contributed by atoms with E-state index in [0.717, 1.165) is 30.6 Å². The van der Waals surface area contributed by atoms with Gasteiger partial charge in [0.25, 0.3) is 0 Å². The van der Waals surface area contributed by atoms with Crippen LogP contribution in [0.5, 0.6) is 0 Å². The molecule has 0 heterocycles. The highest BCUT2D eigenvalue weighted by Gasteiger charge is 2.01. The number of hydrogen-bond acceptors (Lipinski definition) is 3. The molecule has 0 bridgehead atoms. The van der Waals surface area contributed by atoms with Gasteiger partial charge in [0.2, 0.25) is 0 Å². The van der Waals surface area contributed by atoms with E-state index >= 15 is 0 Å². The minimum absolute atomic E-state index is 0.425. The second kappa shape index (κ2) is 11.2. The number of aryl methyl sites for hydroxylation is 1. The maximum atomic E-state index is 8.82. The van der Waals surface area contributed by atoms with Gasteiger partial charge < -0.3 is 9.47 Å². The topological polar surface area (TPSA) is 42.2 Å². The van der Waals surface area contributed by atoms with Gasteiger partial charge in [0, 0.05) is 10.2 Å². The molecule has 0 N–H and O–H groups in total. The zero-order valence-corrected chi connectivity index (χ0v) is 15.9. The summed E-state index contributed by atoms with van der Waals surface area (Å²) in [5.74, 6) is 0. The quantitative estimate of drug-likeness (QED) is 0.407. The number of nitriles is 1. The van der Waals surface area contributed by atoms with E-state index in [1.54, 1.807) is 0 Å². The molecule has 0 atom stereocenters. The van der Waals surface area contributed by atoms with Gasteiger partial charge in [-0.1, -0.05) is 42.5 Å². The molecule has 2 aromatic carbocycles. The Morgan fingerprint density at radius 2 is 1.50 bits per heavy atom. The molecule has 0 saturated heterocycles. The summed E-state index contributed by atoms with van der Waals surface area (Å²) < 4.78 is 12.6. The van der Waals surface area contributed by atoms with Crippen molar-refractivity contribution in [3.8, 4) is 6.07 Å². The Bertz CT molecular complexity index is 667. The fraction of sp³-hybridized carbons (Fsp3) is 0.350. The van der Waals surface area contributed by atoms with Crippen LogP contribution in [0.4, 0.5) is 0 Å². The molecule has 0 saturated carbocycles. The van der Waals surface area contributed by atoms with Gasteiger partial charge in [0.15, 0.2) is 0 Å². The van der Waals surface area contributed by atoms with Gasteiger partial charge >= 0.3 is 0 Å². The van der Waals surface area contributed by atoms with Crippen molar-refractivity contribution in [3.05, 3.63) is 68.8 Å². The van der Waals surface area contributed by atoms with E-state index in [1.165, 1.54) is 9.13 Å². The Labute approximate surface area is 157 Å². The molecule has 126 valence electrons. The van der Waals surface area contributed by atoms with Crippen molar-refractivity contribution in [2.75, 3.05) is 19.8 Å². The minimum atomic E-state index is 0.425. The van der Waals surface area contributed by atoms with Crippen molar-refractivity contribution in [2.24, 2.45) is 0 Å². The molecule has 0 unspecified atom stereocenters. The first kappa shape index (κ1) is 18.9. The molecule has 0 amide bonds. The molecule has 0 aromatic heterocycles. The molecule has 2 rings (SSSR count). The van der Waals surface area contributed by atoms with E-state index < -0.39 is 0 Å². The van der Waals surface area contributed by atoms with Crippen LogP contribution < -0.4 is 0 Å². The molecule has 0 spiro atoms. The van der Waals surface area contributed by atoms with Gasteiger partial charge in [-0.25, -0.2) is 0 Å². The van der Waals surface area contributed by atoms with Crippen molar-refractivity contribution in [3.63, 3.8) is 0 Å². The third-order valence-corrected chi connectivity index (χ3v) is 4.76. The van der Waals surface area contributed by atoms with Gasteiger partial charge in [0.1, 0.15) is 0 Å². The Balaban J connectivity index is 1.56. The lowest BCUT2D eigenvalue weighted by Gasteiger charge is -2.09. The summed E-state index contributed by atoms with van der Waals surface area (Å²) in [6, 6.07) is 18.5. The molecule has 0 fully saturated rings. The number of hydrogen-bond donors (Lipinski definition) is 0. The Morgan fingerprint density at radius 3 is 2.25 bits per heavy atom. The summed E-state index contributed by atoms with van der Waals surface area (Å²) in [6.45, 7) is 2.46. The standard InChI is InChI=1S/C20H22INO2/c21-20-10-4-3-7-18(20)9-5-13-23-14-15-24-16-19-8-2-1-6-17(19)11-12-22/h1-4,6-8,10H,5,9,11,13-16H2. The van der Waals surface area contributed by atoms with Gasteiger partial charge in [-0.05, 0) is 58.2 Å². The second-order valence-corrected chi connectivity index (χ2v) is 6.63. The van der Waals surface area contributed by atoms with Gasteiger partial charge in [-0.3, -0.25) is 0 Å². The zero-order chi connectivity index (χ0) is 17.0. The Kier molecular flexibility index (Phi) is 8.82. The summed E-state index contributed by atoms with van der Waals surface area (Å²) in [7, 11) is 0. The highest BCUT2D eigenvalue weighted by molar-refractivity contribution is 14.1. The van der Waals surface area contributed by atoms with Gasteiger partial charge in [0.05, 0.1) is 32.3 Å². The first-order chi connectivity index (χ1) is 11.8. The van der Waals surface area contributed by atoms with Gasteiger partial charge in [-0.2, -0.15) is 5.26 Å². The first-order valence-corrected chi connectivity index (χ1v) is 9.21. The fourth-order valence-corrected chi connectivity index (χ4v) is 3.08. The van der Waals surface area contributed by atoms with Gasteiger partial charge in [-0.15, -0.1) is 0 Å². The smallest absolute Gasteiger partial charge is 0.0721 e. The van der Waals surface area contributed by atoms with E-state index in [4.69, 9.17) is 14.7 Å². The van der Waals surface area contributed by atoms with Crippen LogP contribution in [-0.4, -0.2) is 19.8 Å². The minimum Gasteiger partial charge on any atom is -0.379 e. The van der Waals surface area contributed by atoms with Crippen molar-refractivity contribution in [1.82, 2.24) is 0 Å². The molecule has 0 aliphatic carbocycles. The molecule has 4 heteroatoms. The van der Waals surface area contributed by atoms with Crippen LogP contribution in [0.25, 0.3) is 0 Å². The maximum absolute atomic E-state index is 8.82. The molecule has 0 aliphatic heterocycles. The third kappa shape index (κ3) is 6.60. The van der Waals surface area contributed by atoms with Crippen LogP contribution in [0.2, 0.25) is 0 Å². The molecule has 2 aromatic rings. The summed E-state index contributed by atoms with van der Waals surface area (Å²) in [5, 5.41) is 8.82. The van der Waals surface area contributed by atoms with Crippen LogP contribution in [0.3, 0.4) is 0 Å². The van der Waals surface area contributed by atoms with E-state index in [2.05, 4.69) is 52.9 Å². The maximum Gasteiger partial charge on any atom is 0.0721 e. The summed E-state index contributed by atoms with van der Waals surface area (Å²) in [6.07, 6.45) is 2.49. The molecular weight excluding hydrogens is 413 g/mol. The van der Waals surface area contributed by atoms with E-state index in [-0.39, 0.29) is 0 Å². The number of rotatable bonds is 10. The second-order valence-electron chi connectivity index (χ2n) is 5.46. The number of benzene rings is 2. The lowest BCUT2D eigenvalue weighted by molar-refractivity contribution is 0.0397. The Morgan fingerprint density at radius 1 is 0.833 bits per heavy atom. The molecule has 3 nitrogen and oxygen atoms in total. The van der Waals surface area contributed by atoms with Crippen molar-refractivity contribution in [2.45, 2.75) is 25.9 Å². The van der Waals surface area contributed by atoms with E-state index in [9.17, 15) is 0 Å². The molecule has 24 heavy (non-hydrogen) atoms.